The van der Waals surface area contributed by atoms with Gasteiger partial charge in [0.25, 0.3) is 5.91 Å². The minimum atomic E-state index is -0.655. The maximum Gasteiger partial charge on any atom is 0.271 e. The summed E-state index contributed by atoms with van der Waals surface area (Å²) in [6, 6.07) is 14.0. The fraction of sp³-hybridized carbons (Fsp3) is 0.448. The summed E-state index contributed by atoms with van der Waals surface area (Å²) in [5.74, 6) is 0.528. The fourth-order valence-corrected chi connectivity index (χ4v) is 5.25. The van der Waals surface area contributed by atoms with Gasteiger partial charge in [0.2, 0.25) is 0 Å². The third kappa shape index (κ3) is 7.68. The predicted octanol–water partition coefficient (Wildman–Crippen LogP) is 5.16. The summed E-state index contributed by atoms with van der Waals surface area (Å²) in [6.45, 7) is 12.6. The van der Waals surface area contributed by atoms with Gasteiger partial charge in [-0.15, -0.1) is 24.8 Å². The van der Waals surface area contributed by atoms with Gasteiger partial charge in [-0.2, -0.15) is 0 Å². The summed E-state index contributed by atoms with van der Waals surface area (Å²) in [5, 5.41) is 14.2. The fourth-order valence-electron chi connectivity index (χ4n) is 5.02. The molecule has 1 aromatic heterocycles. The second-order valence-corrected chi connectivity index (χ2v) is 10.3. The number of aliphatic hydroxyl groups is 1. The maximum absolute atomic E-state index is 13.1. The first-order valence-corrected chi connectivity index (χ1v) is 13.5. The molecule has 1 fully saturated rings. The van der Waals surface area contributed by atoms with Crippen molar-refractivity contribution in [1.29, 1.82) is 0 Å². The number of nitrogens with zero attached hydrogens (tertiary/aromatic N) is 4. The van der Waals surface area contributed by atoms with E-state index in [4.69, 9.17) is 11.6 Å². The first-order chi connectivity index (χ1) is 17.8. The zero-order valence-electron chi connectivity index (χ0n) is 23.1. The van der Waals surface area contributed by atoms with Crippen molar-refractivity contribution in [3.63, 3.8) is 0 Å². The molecule has 7 nitrogen and oxygen atoms in total. The molecular formula is C29H40Cl3N5O2. The zero-order valence-corrected chi connectivity index (χ0v) is 25.5. The Labute approximate surface area is 249 Å². The van der Waals surface area contributed by atoms with Gasteiger partial charge >= 0.3 is 0 Å². The van der Waals surface area contributed by atoms with E-state index in [2.05, 4.69) is 59.1 Å². The van der Waals surface area contributed by atoms with Crippen LogP contribution in [0.1, 0.15) is 46.5 Å². The largest absolute Gasteiger partial charge is 0.390 e. The van der Waals surface area contributed by atoms with Crippen LogP contribution in [0, 0.1) is 20.8 Å². The number of nitrogens with one attached hydrogen (secondary N) is 1. The van der Waals surface area contributed by atoms with Crippen molar-refractivity contribution in [3.05, 3.63) is 75.8 Å². The van der Waals surface area contributed by atoms with Crippen LogP contribution in [0.5, 0.6) is 0 Å². The molecule has 0 spiro atoms. The molecule has 1 amide bonds. The lowest BCUT2D eigenvalue weighted by Crippen LogP contribution is -2.50. The van der Waals surface area contributed by atoms with Crippen LogP contribution in [0.2, 0.25) is 5.02 Å². The minimum absolute atomic E-state index is 0. The van der Waals surface area contributed by atoms with Crippen LogP contribution in [-0.4, -0.2) is 70.8 Å². The van der Waals surface area contributed by atoms with Crippen molar-refractivity contribution in [2.75, 3.05) is 44.2 Å². The Hall–Kier alpha value is -2.29. The molecule has 4 rings (SSSR count). The molecule has 1 atom stereocenters. The third-order valence-corrected chi connectivity index (χ3v) is 7.53. The van der Waals surface area contributed by atoms with Crippen LogP contribution >= 0.6 is 36.4 Å². The number of aryl methyl sites for hydroxylation is 2. The van der Waals surface area contributed by atoms with Crippen molar-refractivity contribution < 1.29 is 9.90 Å². The molecule has 0 radical (unpaired) electrons. The second kappa shape index (κ2) is 14.9. The number of benzene rings is 2. The number of carbonyl (C=O) groups is 1. The number of β-amino-alcohol motifs (C(OH)–C–C–N with tert-alkyl or cyclic N) is 1. The molecule has 2 heterocycles. The highest BCUT2D eigenvalue weighted by molar-refractivity contribution is 6.32. The molecule has 3 aromatic rings. The van der Waals surface area contributed by atoms with Crippen molar-refractivity contribution in [3.8, 4) is 5.69 Å². The van der Waals surface area contributed by atoms with Crippen LogP contribution in [-0.2, 0) is 6.42 Å². The smallest absolute Gasteiger partial charge is 0.271 e. The van der Waals surface area contributed by atoms with Crippen LogP contribution in [0.3, 0.4) is 0 Å². The number of rotatable bonds is 9. The average Bonchev–Trinajstić information content (AvgIpc) is 3.21. The van der Waals surface area contributed by atoms with E-state index in [0.29, 0.717) is 17.3 Å². The summed E-state index contributed by atoms with van der Waals surface area (Å²) in [4.78, 5) is 22.4. The highest BCUT2D eigenvalue weighted by atomic mass is 35.5. The third-order valence-electron chi connectivity index (χ3n) is 7.22. The molecule has 1 saturated heterocycles. The molecule has 1 aliphatic heterocycles. The minimum Gasteiger partial charge on any atom is -0.390 e. The Kier molecular flexibility index (Phi) is 12.6. The first kappa shape index (κ1) is 32.9. The molecule has 39 heavy (non-hydrogen) atoms. The molecular weight excluding hydrogens is 557 g/mol. The van der Waals surface area contributed by atoms with Crippen molar-refractivity contribution >= 4 is 48.0 Å². The maximum atomic E-state index is 13.1. The lowest BCUT2D eigenvalue weighted by atomic mass is 10.1. The molecule has 10 heteroatoms. The number of para-hydroxylation sites is 1. The topological polar surface area (TPSA) is 73.6 Å². The Balaban J connectivity index is 0.00000267. The van der Waals surface area contributed by atoms with E-state index in [1.54, 1.807) is 0 Å². The molecule has 214 valence electrons. The van der Waals surface area contributed by atoms with Gasteiger partial charge in [0.1, 0.15) is 11.5 Å². The van der Waals surface area contributed by atoms with Crippen LogP contribution < -0.4 is 10.2 Å². The van der Waals surface area contributed by atoms with Crippen LogP contribution in [0.15, 0.2) is 42.5 Å². The Morgan fingerprint density at radius 1 is 1.03 bits per heavy atom. The number of piperazine rings is 1. The predicted molar refractivity (Wildman–Crippen MR) is 165 cm³/mol. The summed E-state index contributed by atoms with van der Waals surface area (Å²) in [7, 11) is 0. The van der Waals surface area contributed by atoms with E-state index in [1.165, 1.54) is 16.8 Å². The lowest BCUT2D eigenvalue weighted by Gasteiger charge is -2.37. The van der Waals surface area contributed by atoms with Gasteiger partial charge in [0.05, 0.1) is 22.5 Å². The van der Waals surface area contributed by atoms with E-state index in [0.717, 1.165) is 56.2 Å². The quantitative estimate of drug-likeness (QED) is 0.357. The first-order valence-electron chi connectivity index (χ1n) is 13.1. The number of hydrogen-bond acceptors (Lipinski definition) is 5. The molecule has 2 N–H and O–H groups in total. The average molecular weight is 597 g/mol. The normalized spacial score (nSPS) is 14.4. The lowest BCUT2D eigenvalue weighted by molar-refractivity contribution is 0.0847. The summed E-state index contributed by atoms with van der Waals surface area (Å²) in [6.07, 6.45) is 0.977. The van der Waals surface area contributed by atoms with Crippen LogP contribution in [0.25, 0.3) is 5.69 Å². The summed E-state index contributed by atoms with van der Waals surface area (Å²) >= 11 is 6.46. The Morgan fingerprint density at radius 2 is 1.69 bits per heavy atom. The van der Waals surface area contributed by atoms with E-state index in [1.807, 2.05) is 35.8 Å². The highest BCUT2D eigenvalue weighted by Gasteiger charge is 2.24. The number of hydrogen-bond donors (Lipinski definition) is 2. The second-order valence-electron chi connectivity index (χ2n) is 9.87. The molecule has 1 aliphatic rings. The zero-order chi connectivity index (χ0) is 26.5. The van der Waals surface area contributed by atoms with Crippen LogP contribution in [0.4, 0.5) is 5.69 Å². The number of aromatic nitrogens is 2. The standard InChI is InChI=1S/C29H38ClN5O2.2ClH/c1-5-9-27-32-28(22(4)35(27)26-12-7-6-11-24(26)30)29(37)31-18-23(36)19-33-14-16-34(17-15-33)25-13-8-10-20(2)21(25)3;;/h6-8,10-13,23,36H,5,9,14-19H2,1-4H3,(H,31,37);2*1H. The van der Waals surface area contributed by atoms with Gasteiger partial charge in [-0.05, 0) is 56.5 Å². The molecule has 1 unspecified atom stereocenters. The van der Waals surface area contributed by atoms with E-state index >= 15 is 0 Å². The van der Waals surface area contributed by atoms with E-state index in [9.17, 15) is 9.90 Å². The molecule has 0 bridgehead atoms. The van der Waals surface area contributed by atoms with Crippen molar-refractivity contribution in [1.82, 2.24) is 19.8 Å². The highest BCUT2D eigenvalue weighted by Crippen LogP contribution is 2.26. The van der Waals surface area contributed by atoms with Gasteiger partial charge in [0, 0.05) is 51.4 Å². The van der Waals surface area contributed by atoms with Gasteiger partial charge < -0.3 is 15.3 Å². The Bertz CT molecular complexity index is 1240. The van der Waals surface area contributed by atoms with Crippen molar-refractivity contribution in [2.45, 2.75) is 46.6 Å². The van der Waals surface area contributed by atoms with Crippen molar-refractivity contribution in [2.24, 2.45) is 0 Å². The van der Waals surface area contributed by atoms with Gasteiger partial charge in [-0.3, -0.25) is 14.3 Å². The molecule has 0 aliphatic carbocycles. The monoisotopic (exact) mass is 595 g/mol. The number of halogens is 3. The van der Waals surface area contributed by atoms with Gasteiger partial charge in [-0.1, -0.05) is 42.8 Å². The van der Waals surface area contributed by atoms with Gasteiger partial charge in [0.15, 0.2) is 0 Å². The number of carbonyl (C=O) groups excluding carboxylic acids is 1. The Morgan fingerprint density at radius 3 is 2.36 bits per heavy atom. The summed E-state index contributed by atoms with van der Waals surface area (Å²) in [5.41, 5.74) is 5.86. The summed E-state index contributed by atoms with van der Waals surface area (Å²) < 4.78 is 1.96. The number of imidazole rings is 1. The molecule has 2 aromatic carbocycles. The molecule has 0 saturated carbocycles. The number of anilines is 1. The van der Waals surface area contributed by atoms with E-state index in [-0.39, 0.29) is 37.3 Å². The van der Waals surface area contributed by atoms with E-state index < -0.39 is 6.10 Å². The SMILES string of the molecule is CCCc1nc(C(=O)NCC(O)CN2CCN(c3cccc(C)c3C)CC2)c(C)n1-c1ccccc1Cl.Cl.Cl. The van der Waals surface area contributed by atoms with Gasteiger partial charge in [-0.25, -0.2) is 4.98 Å². The number of aliphatic hydroxyl groups excluding tert-OH is 1. The number of amides is 1.